The molecule has 0 aliphatic rings. The fourth-order valence-electron chi connectivity index (χ4n) is 1.57. The zero-order valence-electron chi connectivity index (χ0n) is 9.78. The van der Waals surface area contributed by atoms with Gasteiger partial charge in [-0.05, 0) is 29.8 Å². The summed E-state index contributed by atoms with van der Waals surface area (Å²) in [5.74, 6) is 1.50. The summed E-state index contributed by atoms with van der Waals surface area (Å²) in [6, 6.07) is 16.8. The summed E-state index contributed by atoms with van der Waals surface area (Å²) in [4.78, 5) is 9.95. The van der Waals surface area contributed by atoms with Gasteiger partial charge in [-0.3, -0.25) is 10.1 Å². The van der Waals surface area contributed by atoms with E-state index in [4.69, 9.17) is 4.74 Å². The molecule has 0 fully saturated rings. The van der Waals surface area contributed by atoms with Gasteiger partial charge in [0.25, 0.3) is 0 Å². The molecular formula is C14H13NO3. The SMILES string of the molecule is O=[N+]([O-])CCc1ccc(Oc2ccccc2)cc1. The van der Waals surface area contributed by atoms with Crippen LogP contribution >= 0.6 is 0 Å². The molecule has 4 heteroatoms. The molecule has 4 nitrogen and oxygen atoms in total. The van der Waals surface area contributed by atoms with Crippen LogP contribution in [0.1, 0.15) is 5.56 Å². The monoisotopic (exact) mass is 243 g/mol. The van der Waals surface area contributed by atoms with Crippen LogP contribution in [0.3, 0.4) is 0 Å². The van der Waals surface area contributed by atoms with Crippen LogP contribution in [-0.2, 0) is 6.42 Å². The van der Waals surface area contributed by atoms with Crippen molar-refractivity contribution in [3.05, 3.63) is 70.3 Å². The van der Waals surface area contributed by atoms with Gasteiger partial charge >= 0.3 is 0 Å². The van der Waals surface area contributed by atoms with Crippen molar-refractivity contribution in [2.75, 3.05) is 6.54 Å². The molecule has 0 aromatic heterocycles. The van der Waals surface area contributed by atoms with Crippen molar-refractivity contribution >= 4 is 0 Å². The van der Waals surface area contributed by atoms with E-state index in [1.807, 2.05) is 54.6 Å². The summed E-state index contributed by atoms with van der Waals surface area (Å²) in [5.41, 5.74) is 0.937. The lowest BCUT2D eigenvalue weighted by molar-refractivity contribution is -0.479. The highest BCUT2D eigenvalue weighted by Crippen LogP contribution is 2.21. The number of para-hydroxylation sites is 1. The summed E-state index contributed by atoms with van der Waals surface area (Å²) >= 11 is 0. The van der Waals surface area contributed by atoms with Crippen LogP contribution in [-0.4, -0.2) is 11.5 Å². The molecule has 0 N–H and O–H groups in total. The Balaban J connectivity index is 1.97. The predicted octanol–water partition coefficient (Wildman–Crippen LogP) is 3.30. The van der Waals surface area contributed by atoms with Crippen LogP contribution in [0.25, 0.3) is 0 Å². The van der Waals surface area contributed by atoms with Gasteiger partial charge in [0.2, 0.25) is 6.54 Å². The van der Waals surface area contributed by atoms with Crippen LogP contribution in [0.5, 0.6) is 11.5 Å². The number of nitrogens with zero attached hydrogens (tertiary/aromatic N) is 1. The molecule has 0 aliphatic heterocycles. The smallest absolute Gasteiger partial charge is 0.207 e. The van der Waals surface area contributed by atoms with E-state index in [-0.39, 0.29) is 11.5 Å². The van der Waals surface area contributed by atoms with E-state index in [1.165, 1.54) is 0 Å². The predicted molar refractivity (Wildman–Crippen MR) is 68.5 cm³/mol. The van der Waals surface area contributed by atoms with E-state index in [2.05, 4.69) is 0 Å². The summed E-state index contributed by atoms with van der Waals surface area (Å²) in [7, 11) is 0. The molecule has 0 bridgehead atoms. The Labute approximate surface area is 105 Å². The highest BCUT2D eigenvalue weighted by Gasteiger charge is 2.01. The van der Waals surface area contributed by atoms with E-state index in [0.29, 0.717) is 6.42 Å². The second kappa shape index (κ2) is 5.82. The largest absolute Gasteiger partial charge is 0.457 e. The quantitative estimate of drug-likeness (QED) is 0.598. The lowest BCUT2D eigenvalue weighted by Crippen LogP contribution is -2.03. The molecular weight excluding hydrogens is 230 g/mol. The van der Waals surface area contributed by atoms with Gasteiger partial charge in [0.15, 0.2) is 0 Å². The molecule has 0 saturated carbocycles. The highest BCUT2D eigenvalue weighted by atomic mass is 16.6. The molecule has 0 unspecified atom stereocenters. The summed E-state index contributed by atoms with van der Waals surface area (Å²) in [5, 5.41) is 10.3. The lowest BCUT2D eigenvalue weighted by atomic mass is 10.1. The molecule has 0 heterocycles. The van der Waals surface area contributed by atoms with Gasteiger partial charge in [0.1, 0.15) is 11.5 Å². The number of hydrogen-bond donors (Lipinski definition) is 0. The number of nitro groups is 1. The third-order valence-electron chi connectivity index (χ3n) is 2.49. The number of rotatable bonds is 5. The first-order valence-electron chi connectivity index (χ1n) is 5.68. The van der Waals surface area contributed by atoms with Gasteiger partial charge in [-0.25, -0.2) is 0 Å². The van der Waals surface area contributed by atoms with E-state index >= 15 is 0 Å². The Bertz CT molecular complexity index is 508. The van der Waals surface area contributed by atoms with Gasteiger partial charge in [-0.1, -0.05) is 30.3 Å². The minimum atomic E-state index is -0.311. The normalized spacial score (nSPS) is 10.0. The molecule has 2 aromatic rings. The van der Waals surface area contributed by atoms with Gasteiger partial charge in [-0.15, -0.1) is 0 Å². The first kappa shape index (κ1) is 12.1. The van der Waals surface area contributed by atoms with Crippen LogP contribution in [0.2, 0.25) is 0 Å². The summed E-state index contributed by atoms with van der Waals surface area (Å²) in [6.45, 7) is -0.0428. The third-order valence-corrected chi connectivity index (χ3v) is 2.49. The molecule has 0 aliphatic carbocycles. The molecule has 0 saturated heterocycles. The van der Waals surface area contributed by atoms with Crippen molar-refractivity contribution < 1.29 is 9.66 Å². The summed E-state index contributed by atoms with van der Waals surface area (Å²) in [6.07, 6.45) is 0.443. The molecule has 0 spiro atoms. The van der Waals surface area contributed by atoms with Crippen molar-refractivity contribution in [3.63, 3.8) is 0 Å². The topological polar surface area (TPSA) is 52.4 Å². The Morgan fingerprint density at radius 2 is 1.56 bits per heavy atom. The maximum atomic E-state index is 10.3. The van der Waals surface area contributed by atoms with Crippen molar-refractivity contribution in [1.82, 2.24) is 0 Å². The Morgan fingerprint density at radius 3 is 2.17 bits per heavy atom. The number of benzene rings is 2. The lowest BCUT2D eigenvalue weighted by Gasteiger charge is -2.05. The molecule has 18 heavy (non-hydrogen) atoms. The zero-order chi connectivity index (χ0) is 12.8. The molecule has 0 amide bonds. The van der Waals surface area contributed by atoms with Gasteiger partial charge in [-0.2, -0.15) is 0 Å². The highest BCUT2D eigenvalue weighted by molar-refractivity contribution is 5.32. The standard InChI is InChI=1S/C14H13NO3/c16-15(17)11-10-12-6-8-14(9-7-12)18-13-4-2-1-3-5-13/h1-9H,10-11H2. The second-order valence-corrected chi connectivity index (χ2v) is 3.87. The molecule has 0 radical (unpaired) electrons. The van der Waals surface area contributed by atoms with Crippen LogP contribution in [0.4, 0.5) is 0 Å². The molecule has 2 rings (SSSR count). The molecule has 0 atom stereocenters. The van der Waals surface area contributed by atoms with Gasteiger partial charge in [0, 0.05) is 11.3 Å². The maximum absolute atomic E-state index is 10.3. The fourth-order valence-corrected chi connectivity index (χ4v) is 1.57. The number of hydrogen-bond acceptors (Lipinski definition) is 3. The summed E-state index contributed by atoms with van der Waals surface area (Å²) < 4.78 is 5.63. The fraction of sp³-hybridized carbons (Fsp3) is 0.143. The van der Waals surface area contributed by atoms with Crippen molar-refractivity contribution in [3.8, 4) is 11.5 Å². The van der Waals surface area contributed by atoms with E-state index < -0.39 is 0 Å². The van der Waals surface area contributed by atoms with Gasteiger partial charge in [0.05, 0.1) is 0 Å². The van der Waals surface area contributed by atoms with E-state index in [0.717, 1.165) is 17.1 Å². The average molecular weight is 243 g/mol. The molecule has 2 aromatic carbocycles. The zero-order valence-corrected chi connectivity index (χ0v) is 9.78. The van der Waals surface area contributed by atoms with Crippen LogP contribution < -0.4 is 4.74 Å². The van der Waals surface area contributed by atoms with Crippen molar-refractivity contribution in [1.29, 1.82) is 0 Å². The Hall–Kier alpha value is -2.36. The second-order valence-electron chi connectivity index (χ2n) is 3.87. The minimum Gasteiger partial charge on any atom is -0.457 e. The molecule has 92 valence electrons. The van der Waals surface area contributed by atoms with Gasteiger partial charge < -0.3 is 4.74 Å². The average Bonchev–Trinajstić information content (AvgIpc) is 2.39. The van der Waals surface area contributed by atoms with Crippen LogP contribution in [0.15, 0.2) is 54.6 Å². The number of ether oxygens (including phenoxy) is 1. The first-order chi connectivity index (χ1) is 8.74. The van der Waals surface area contributed by atoms with Crippen molar-refractivity contribution in [2.45, 2.75) is 6.42 Å². The van der Waals surface area contributed by atoms with E-state index in [1.54, 1.807) is 0 Å². The first-order valence-corrected chi connectivity index (χ1v) is 5.68. The third kappa shape index (κ3) is 3.59. The maximum Gasteiger partial charge on any atom is 0.207 e. The minimum absolute atomic E-state index is 0.0428. The van der Waals surface area contributed by atoms with Crippen molar-refractivity contribution in [2.24, 2.45) is 0 Å². The van der Waals surface area contributed by atoms with E-state index in [9.17, 15) is 10.1 Å². The van der Waals surface area contributed by atoms with Crippen LogP contribution in [0, 0.1) is 10.1 Å². The Kier molecular flexibility index (Phi) is 3.91. The Morgan fingerprint density at radius 1 is 0.944 bits per heavy atom.